The third kappa shape index (κ3) is 2.81. The summed E-state index contributed by atoms with van der Waals surface area (Å²) >= 11 is 3.41. The molecule has 0 saturated carbocycles. The topological polar surface area (TPSA) is 38.7 Å². The van der Waals surface area contributed by atoms with E-state index in [9.17, 15) is 5.11 Å². The van der Waals surface area contributed by atoms with E-state index in [2.05, 4.69) is 15.9 Å². The van der Waals surface area contributed by atoms with Crippen LogP contribution in [0.5, 0.6) is 5.75 Å². The van der Waals surface area contributed by atoms with E-state index in [0.717, 1.165) is 15.8 Å². The van der Waals surface area contributed by atoms with Gasteiger partial charge in [0.05, 0.1) is 12.7 Å². The van der Waals surface area contributed by atoms with Gasteiger partial charge in [-0.3, -0.25) is 0 Å². The van der Waals surface area contributed by atoms with Crippen molar-refractivity contribution in [2.45, 2.75) is 32.0 Å². The van der Waals surface area contributed by atoms with Crippen LogP contribution in [0.15, 0.2) is 22.7 Å². The maximum atomic E-state index is 10.1. The molecule has 0 fully saturated rings. The summed E-state index contributed by atoms with van der Waals surface area (Å²) in [7, 11) is 0. The molecule has 1 N–H and O–H groups in total. The summed E-state index contributed by atoms with van der Waals surface area (Å²) in [4.78, 5) is 0. The van der Waals surface area contributed by atoms with Crippen molar-refractivity contribution in [2.24, 2.45) is 0 Å². The second-order valence-electron chi connectivity index (χ2n) is 4.59. The van der Waals surface area contributed by atoms with Crippen molar-refractivity contribution in [3.05, 3.63) is 28.2 Å². The number of hydrogen-bond acceptors (Lipinski definition) is 3. The molecule has 0 saturated heterocycles. The molecule has 2 unspecified atom stereocenters. The van der Waals surface area contributed by atoms with Crippen molar-refractivity contribution >= 4 is 15.9 Å². The Kier molecular flexibility index (Phi) is 3.76. The average Bonchev–Trinajstić information content (AvgIpc) is 2.25. The molecule has 0 aromatic heterocycles. The number of ether oxygens (including phenoxy) is 2. The number of aliphatic hydroxyl groups is 1. The predicted molar refractivity (Wildman–Crippen MR) is 69.2 cm³/mol. The molecule has 4 heteroatoms. The number of hydrogen-bond donors (Lipinski definition) is 1. The highest BCUT2D eigenvalue weighted by atomic mass is 79.9. The second kappa shape index (κ2) is 4.96. The van der Waals surface area contributed by atoms with Crippen molar-refractivity contribution in [3.8, 4) is 5.75 Å². The smallest absolute Gasteiger partial charge is 0.132 e. The van der Waals surface area contributed by atoms with Gasteiger partial charge in [-0.25, -0.2) is 0 Å². The molecule has 1 aromatic carbocycles. The summed E-state index contributed by atoms with van der Waals surface area (Å²) < 4.78 is 12.3. The number of fused-ring (bicyclic) bond motifs is 1. The molecule has 0 spiro atoms. The lowest BCUT2D eigenvalue weighted by Crippen LogP contribution is -2.42. The van der Waals surface area contributed by atoms with Gasteiger partial charge >= 0.3 is 0 Å². The van der Waals surface area contributed by atoms with Gasteiger partial charge in [-0.2, -0.15) is 0 Å². The molecule has 17 heavy (non-hydrogen) atoms. The predicted octanol–water partition coefficient (Wildman–Crippen LogP) is 3.06. The summed E-state index contributed by atoms with van der Waals surface area (Å²) in [5.41, 5.74) is 0.394. The molecular weight excluding hydrogens is 284 g/mol. The first-order chi connectivity index (χ1) is 8.04. The van der Waals surface area contributed by atoms with E-state index in [4.69, 9.17) is 9.47 Å². The molecule has 1 aliphatic heterocycles. The van der Waals surface area contributed by atoms with Gasteiger partial charge in [0, 0.05) is 23.1 Å². The fourth-order valence-electron chi connectivity index (χ4n) is 2.10. The first-order valence-electron chi connectivity index (χ1n) is 5.78. The fraction of sp³-hybridized carbons (Fsp3) is 0.538. The van der Waals surface area contributed by atoms with Crippen molar-refractivity contribution in [2.75, 3.05) is 13.2 Å². The first-order valence-corrected chi connectivity index (χ1v) is 6.57. The molecule has 0 radical (unpaired) electrons. The molecular formula is C13H17BrO3. The quantitative estimate of drug-likeness (QED) is 0.932. The Balaban J connectivity index is 2.25. The molecule has 0 bridgehead atoms. The SMILES string of the molecule is CCOCC1(C)CC(O)c2ccc(Br)cc2O1. The summed E-state index contributed by atoms with van der Waals surface area (Å²) in [6.07, 6.45) is 0.0686. The van der Waals surface area contributed by atoms with E-state index >= 15 is 0 Å². The maximum Gasteiger partial charge on any atom is 0.132 e. The fourth-order valence-corrected chi connectivity index (χ4v) is 2.44. The van der Waals surface area contributed by atoms with Crippen LogP contribution in [-0.4, -0.2) is 23.9 Å². The van der Waals surface area contributed by atoms with Crippen LogP contribution in [0, 0.1) is 0 Å². The van der Waals surface area contributed by atoms with Crippen LogP contribution < -0.4 is 4.74 Å². The highest BCUT2D eigenvalue weighted by Crippen LogP contribution is 2.40. The maximum absolute atomic E-state index is 10.1. The van der Waals surface area contributed by atoms with Gasteiger partial charge in [0.25, 0.3) is 0 Å². The molecule has 1 aliphatic rings. The largest absolute Gasteiger partial charge is 0.485 e. The van der Waals surface area contributed by atoms with Crippen LogP contribution in [0.2, 0.25) is 0 Å². The lowest BCUT2D eigenvalue weighted by atomic mass is 9.91. The van der Waals surface area contributed by atoms with E-state index in [1.807, 2.05) is 32.0 Å². The van der Waals surface area contributed by atoms with E-state index in [1.54, 1.807) is 0 Å². The highest BCUT2D eigenvalue weighted by molar-refractivity contribution is 9.10. The Morgan fingerprint density at radius 2 is 2.35 bits per heavy atom. The Bertz CT molecular complexity index is 408. The minimum atomic E-state index is -0.489. The summed E-state index contributed by atoms with van der Waals surface area (Å²) in [6, 6.07) is 5.70. The Morgan fingerprint density at radius 1 is 1.59 bits per heavy atom. The Hall–Kier alpha value is -0.580. The van der Waals surface area contributed by atoms with E-state index in [0.29, 0.717) is 19.6 Å². The van der Waals surface area contributed by atoms with Gasteiger partial charge in [0.1, 0.15) is 11.4 Å². The van der Waals surface area contributed by atoms with Crippen LogP contribution in [0.3, 0.4) is 0 Å². The molecule has 1 aromatic rings. The third-order valence-corrected chi connectivity index (χ3v) is 3.42. The molecule has 2 rings (SSSR count). The van der Waals surface area contributed by atoms with E-state index in [-0.39, 0.29) is 0 Å². The van der Waals surface area contributed by atoms with Gasteiger partial charge in [-0.15, -0.1) is 0 Å². The zero-order valence-electron chi connectivity index (χ0n) is 10.1. The van der Waals surface area contributed by atoms with Gasteiger partial charge in [0.2, 0.25) is 0 Å². The van der Waals surface area contributed by atoms with Crippen molar-refractivity contribution in [1.82, 2.24) is 0 Å². The number of benzene rings is 1. The standard InChI is InChI=1S/C13H17BrO3/c1-3-16-8-13(2)7-11(15)10-5-4-9(14)6-12(10)17-13/h4-6,11,15H,3,7-8H2,1-2H3. The van der Waals surface area contributed by atoms with Crippen LogP contribution in [0.4, 0.5) is 0 Å². The monoisotopic (exact) mass is 300 g/mol. The van der Waals surface area contributed by atoms with Crippen molar-refractivity contribution in [3.63, 3.8) is 0 Å². The number of rotatable bonds is 3. The number of halogens is 1. The van der Waals surface area contributed by atoms with Crippen LogP contribution in [0.25, 0.3) is 0 Å². The number of aliphatic hydroxyl groups excluding tert-OH is 1. The molecule has 3 nitrogen and oxygen atoms in total. The molecule has 0 amide bonds. The lowest BCUT2D eigenvalue weighted by Gasteiger charge is -2.38. The van der Waals surface area contributed by atoms with Crippen LogP contribution >= 0.6 is 15.9 Å². The normalized spacial score (nSPS) is 27.4. The molecule has 2 atom stereocenters. The summed E-state index contributed by atoms with van der Waals surface area (Å²) in [5, 5.41) is 10.1. The lowest BCUT2D eigenvalue weighted by molar-refractivity contribution is -0.0575. The minimum Gasteiger partial charge on any atom is -0.485 e. The van der Waals surface area contributed by atoms with Crippen molar-refractivity contribution in [1.29, 1.82) is 0 Å². The van der Waals surface area contributed by atoms with Crippen LogP contribution in [0.1, 0.15) is 31.9 Å². The van der Waals surface area contributed by atoms with Gasteiger partial charge in [-0.1, -0.05) is 22.0 Å². The van der Waals surface area contributed by atoms with Gasteiger partial charge < -0.3 is 14.6 Å². The van der Waals surface area contributed by atoms with E-state index < -0.39 is 11.7 Å². The van der Waals surface area contributed by atoms with E-state index in [1.165, 1.54) is 0 Å². The third-order valence-electron chi connectivity index (χ3n) is 2.93. The minimum absolute atomic E-state index is 0.455. The molecule has 1 heterocycles. The Labute approximate surface area is 110 Å². The summed E-state index contributed by atoms with van der Waals surface area (Å²) in [5.74, 6) is 0.736. The first kappa shape index (κ1) is 12.9. The van der Waals surface area contributed by atoms with Gasteiger partial charge in [-0.05, 0) is 26.0 Å². The van der Waals surface area contributed by atoms with Gasteiger partial charge in [0.15, 0.2) is 0 Å². The molecule has 94 valence electrons. The highest BCUT2D eigenvalue weighted by Gasteiger charge is 2.36. The van der Waals surface area contributed by atoms with Crippen LogP contribution in [-0.2, 0) is 4.74 Å². The summed E-state index contributed by atoms with van der Waals surface area (Å²) in [6.45, 7) is 5.07. The zero-order valence-corrected chi connectivity index (χ0v) is 11.7. The molecule has 0 aliphatic carbocycles. The zero-order chi connectivity index (χ0) is 12.5. The Morgan fingerprint density at radius 3 is 3.06 bits per heavy atom. The average molecular weight is 301 g/mol. The second-order valence-corrected chi connectivity index (χ2v) is 5.51. The van der Waals surface area contributed by atoms with Crippen molar-refractivity contribution < 1.29 is 14.6 Å².